The molecule has 1 rings (SSSR count). The monoisotopic (exact) mass is 285 g/mol. The summed E-state index contributed by atoms with van der Waals surface area (Å²) in [6.07, 6.45) is 5.16. The molecule has 0 radical (unpaired) electrons. The van der Waals surface area contributed by atoms with Crippen LogP contribution in [0.5, 0.6) is 0 Å². The number of nitrogens with one attached hydrogen (secondary N) is 1. The largest absolute Gasteiger partial charge is 0.339 e. The van der Waals surface area contributed by atoms with E-state index in [1.54, 1.807) is 25.1 Å². The fourth-order valence-corrected chi connectivity index (χ4v) is 1.59. The Morgan fingerprint density at radius 3 is 2.93 bits per heavy atom. The summed E-state index contributed by atoms with van der Waals surface area (Å²) in [6, 6.07) is 4.71. The number of carbonyl (C=O) groups excluding carboxylic acids is 1. The second-order valence-electron chi connectivity index (χ2n) is 2.99. The van der Waals surface area contributed by atoms with Gasteiger partial charge in [0.05, 0.1) is 11.6 Å². The molecule has 0 aliphatic rings. The predicted octanol–water partition coefficient (Wildman–Crippen LogP) is 2.85. The Balaban J connectivity index is 2.92. The standard InChI is InChI=1S/C11H9BrClNO/c1-3-7(2)14-11(15)9-6-8(13)4-5-10(9)12/h1,4-7H,2H3,(H,14,15). The Morgan fingerprint density at radius 1 is 1.67 bits per heavy atom. The zero-order valence-corrected chi connectivity index (χ0v) is 10.4. The number of hydrogen-bond donors (Lipinski definition) is 1. The van der Waals surface area contributed by atoms with E-state index < -0.39 is 0 Å². The van der Waals surface area contributed by atoms with Gasteiger partial charge in [-0.05, 0) is 41.1 Å². The lowest BCUT2D eigenvalue weighted by Crippen LogP contribution is -2.31. The van der Waals surface area contributed by atoms with Crippen LogP contribution in [0.2, 0.25) is 5.02 Å². The summed E-state index contributed by atoms with van der Waals surface area (Å²) >= 11 is 9.06. The van der Waals surface area contributed by atoms with Crippen molar-refractivity contribution >= 4 is 33.4 Å². The van der Waals surface area contributed by atoms with Crippen LogP contribution in [0.4, 0.5) is 0 Å². The third-order valence-corrected chi connectivity index (χ3v) is 2.70. The maximum atomic E-state index is 11.7. The van der Waals surface area contributed by atoms with Gasteiger partial charge < -0.3 is 5.32 Å². The molecular formula is C11H9BrClNO. The van der Waals surface area contributed by atoms with Crippen molar-refractivity contribution in [1.29, 1.82) is 0 Å². The van der Waals surface area contributed by atoms with Gasteiger partial charge >= 0.3 is 0 Å². The smallest absolute Gasteiger partial charge is 0.253 e. The van der Waals surface area contributed by atoms with E-state index in [4.69, 9.17) is 18.0 Å². The van der Waals surface area contributed by atoms with Crippen LogP contribution in [-0.4, -0.2) is 11.9 Å². The van der Waals surface area contributed by atoms with Crippen LogP contribution in [0.15, 0.2) is 22.7 Å². The minimum absolute atomic E-state index is 0.241. The fraction of sp³-hybridized carbons (Fsp3) is 0.182. The molecule has 1 aromatic carbocycles. The summed E-state index contributed by atoms with van der Waals surface area (Å²) in [5, 5.41) is 3.16. The number of halogens is 2. The maximum absolute atomic E-state index is 11.7. The highest BCUT2D eigenvalue weighted by Gasteiger charge is 2.11. The van der Waals surface area contributed by atoms with Gasteiger partial charge in [0.25, 0.3) is 5.91 Å². The van der Waals surface area contributed by atoms with E-state index >= 15 is 0 Å². The van der Waals surface area contributed by atoms with Crippen molar-refractivity contribution < 1.29 is 4.79 Å². The van der Waals surface area contributed by atoms with Gasteiger partial charge in [0.1, 0.15) is 0 Å². The van der Waals surface area contributed by atoms with Gasteiger partial charge in [-0.2, -0.15) is 0 Å². The van der Waals surface area contributed by atoms with Crippen LogP contribution in [0.25, 0.3) is 0 Å². The van der Waals surface area contributed by atoms with Gasteiger partial charge in [0, 0.05) is 9.50 Å². The normalized spacial score (nSPS) is 11.6. The van der Waals surface area contributed by atoms with Crippen molar-refractivity contribution in [3.05, 3.63) is 33.3 Å². The van der Waals surface area contributed by atoms with Gasteiger partial charge in [0.15, 0.2) is 0 Å². The Bertz CT molecular complexity index is 425. The molecule has 78 valence electrons. The van der Waals surface area contributed by atoms with Crippen molar-refractivity contribution in [3.8, 4) is 12.3 Å². The molecule has 1 atom stereocenters. The predicted molar refractivity (Wildman–Crippen MR) is 64.9 cm³/mol. The molecule has 0 fully saturated rings. The second kappa shape index (κ2) is 5.20. The third-order valence-electron chi connectivity index (χ3n) is 1.77. The Kier molecular flexibility index (Phi) is 4.19. The lowest BCUT2D eigenvalue weighted by molar-refractivity contribution is 0.0947. The van der Waals surface area contributed by atoms with E-state index in [0.717, 1.165) is 0 Å². The summed E-state index contributed by atoms with van der Waals surface area (Å²) < 4.78 is 0.689. The van der Waals surface area contributed by atoms with Crippen molar-refractivity contribution in [2.45, 2.75) is 13.0 Å². The topological polar surface area (TPSA) is 29.1 Å². The lowest BCUT2D eigenvalue weighted by Gasteiger charge is -2.09. The summed E-state index contributed by atoms with van der Waals surface area (Å²) in [5.41, 5.74) is 0.476. The van der Waals surface area contributed by atoms with E-state index in [1.807, 2.05) is 0 Å². The average molecular weight is 287 g/mol. The molecule has 1 unspecified atom stereocenters. The Labute approximate surface area is 102 Å². The highest BCUT2D eigenvalue weighted by Crippen LogP contribution is 2.21. The minimum Gasteiger partial charge on any atom is -0.339 e. The number of carbonyl (C=O) groups is 1. The zero-order chi connectivity index (χ0) is 11.4. The maximum Gasteiger partial charge on any atom is 0.253 e. The van der Waals surface area contributed by atoms with Gasteiger partial charge in [-0.15, -0.1) is 6.42 Å². The van der Waals surface area contributed by atoms with Gasteiger partial charge in [-0.3, -0.25) is 4.79 Å². The summed E-state index contributed by atoms with van der Waals surface area (Å²) in [7, 11) is 0. The molecule has 0 aliphatic carbocycles. The zero-order valence-electron chi connectivity index (χ0n) is 8.05. The molecule has 4 heteroatoms. The van der Waals surface area contributed by atoms with E-state index in [2.05, 4.69) is 27.2 Å². The first-order valence-electron chi connectivity index (χ1n) is 4.26. The summed E-state index contributed by atoms with van der Waals surface area (Å²) in [6.45, 7) is 1.73. The van der Waals surface area contributed by atoms with Crippen LogP contribution in [0.1, 0.15) is 17.3 Å². The first-order valence-corrected chi connectivity index (χ1v) is 5.43. The molecule has 0 heterocycles. The van der Waals surface area contributed by atoms with Gasteiger partial charge in [-0.25, -0.2) is 0 Å². The second-order valence-corrected chi connectivity index (χ2v) is 4.28. The number of terminal acetylenes is 1. The highest BCUT2D eigenvalue weighted by molar-refractivity contribution is 9.10. The quantitative estimate of drug-likeness (QED) is 0.832. The molecule has 0 bridgehead atoms. The first kappa shape index (κ1) is 12.1. The molecular weight excluding hydrogens is 277 g/mol. The van der Waals surface area contributed by atoms with Gasteiger partial charge in [-0.1, -0.05) is 17.5 Å². The number of rotatable bonds is 2. The van der Waals surface area contributed by atoms with Crippen molar-refractivity contribution in [2.24, 2.45) is 0 Å². The van der Waals surface area contributed by atoms with Crippen LogP contribution >= 0.6 is 27.5 Å². The van der Waals surface area contributed by atoms with Crippen LogP contribution in [0, 0.1) is 12.3 Å². The third kappa shape index (κ3) is 3.26. The van der Waals surface area contributed by atoms with E-state index in [1.165, 1.54) is 0 Å². The Hall–Kier alpha value is -0.980. The van der Waals surface area contributed by atoms with Gasteiger partial charge in [0.2, 0.25) is 0 Å². The van der Waals surface area contributed by atoms with Crippen molar-refractivity contribution in [2.75, 3.05) is 0 Å². The molecule has 2 nitrogen and oxygen atoms in total. The molecule has 0 aromatic heterocycles. The summed E-state index contributed by atoms with van der Waals surface area (Å²) in [4.78, 5) is 11.7. The van der Waals surface area contributed by atoms with Crippen LogP contribution in [-0.2, 0) is 0 Å². The molecule has 0 saturated carbocycles. The number of hydrogen-bond acceptors (Lipinski definition) is 1. The van der Waals surface area contributed by atoms with Crippen LogP contribution < -0.4 is 5.32 Å². The van der Waals surface area contributed by atoms with E-state index in [9.17, 15) is 4.79 Å². The number of benzene rings is 1. The lowest BCUT2D eigenvalue weighted by atomic mass is 10.2. The molecule has 0 saturated heterocycles. The van der Waals surface area contributed by atoms with Crippen LogP contribution in [0.3, 0.4) is 0 Å². The Morgan fingerprint density at radius 2 is 2.33 bits per heavy atom. The molecule has 1 N–H and O–H groups in total. The summed E-state index contributed by atoms with van der Waals surface area (Å²) in [5.74, 6) is 2.18. The fourth-order valence-electron chi connectivity index (χ4n) is 0.988. The minimum atomic E-state index is -0.302. The highest BCUT2D eigenvalue weighted by atomic mass is 79.9. The molecule has 15 heavy (non-hydrogen) atoms. The van der Waals surface area contributed by atoms with Crippen molar-refractivity contribution in [1.82, 2.24) is 5.32 Å². The SMILES string of the molecule is C#CC(C)NC(=O)c1cc(Cl)ccc1Br. The molecule has 1 aromatic rings. The molecule has 0 spiro atoms. The average Bonchev–Trinajstić information content (AvgIpc) is 2.21. The molecule has 0 aliphatic heterocycles. The first-order chi connectivity index (χ1) is 7.04. The van der Waals surface area contributed by atoms with E-state index in [0.29, 0.717) is 15.1 Å². The van der Waals surface area contributed by atoms with Crippen molar-refractivity contribution in [3.63, 3.8) is 0 Å². The molecule has 1 amide bonds. The number of amides is 1. The van der Waals surface area contributed by atoms with E-state index in [-0.39, 0.29) is 11.9 Å².